The summed E-state index contributed by atoms with van der Waals surface area (Å²) in [5.41, 5.74) is 2.98. The summed E-state index contributed by atoms with van der Waals surface area (Å²) in [6.45, 7) is 4.31. The summed E-state index contributed by atoms with van der Waals surface area (Å²) in [4.78, 5) is 16.9. The van der Waals surface area contributed by atoms with E-state index in [4.69, 9.17) is 9.26 Å². The highest BCUT2D eigenvalue weighted by atomic mass is 19.1. The minimum Gasteiger partial charge on any atom is -0.494 e. The van der Waals surface area contributed by atoms with Crippen molar-refractivity contribution in [2.45, 2.75) is 26.3 Å². The molecule has 1 amide bonds. The Kier molecular flexibility index (Phi) is 6.02. The van der Waals surface area contributed by atoms with E-state index in [1.165, 1.54) is 24.8 Å². The maximum absolute atomic E-state index is 14.0. The molecule has 0 saturated carbocycles. The molecule has 1 N–H and O–H groups in total. The van der Waals surface area contributed by atoms with Crippen LogP contribution in [0, 0.1) is 5.82 Å². The Bertz CT molecular complexity index is 1230. The number of hydrogen-bond donors (Lipinski definition) is 1. The largest absolute Gasteiger partial charge is 0.494 e. The lowest BCUT2D eigenvalue weighted by Gasteiger charge is -2.10. The molecule has 0 aliphatic heterocycles. The first-order chi connectivity index (χ1) is 15.4. The zero-order valence-corrected chi connectivity index (χ0v) is 18.0. The number of nitrogens with zero attached hydrogens (tertiary/aromatic N) is 3. The molecule has 0 aliphatic carbocycles. The Balaban J connectivity index is 1.48. The lowest BCUT2D eigenvalue weighted by molar-refractivity contribution is -0.116. The molecule has 2 heterocycles. The van der Waals surface area contributed by atoms with Crippen LogP contribution in [-0.4, -0.2) is 27.7 Å². The standard InChI is InChI=1S/C24H23FN4O3/c1-15(2)16-6-9-18(10-7-16)26-22(30)14-29-12-4-5-20(29)24-27-23(28-32-24)17-8-11-21(31-3)19(25)13-17/h4-13,15H,14H2,1-3H3,(H,26,30). The lowest BCUT2D eigenvalue weighted by atomic mass is 10.0. The number of amides is 1. The highest BCUT2D eigenvalue weighted by Crippen LogP contribution is 2.26. The fourth-order valence-corrected chi connectivity index (χ4v) is 3.30. The molecule has 0 atom stereocenters. The van der Waals surface area contributed by atoms with E-state index in [9.17, 15) is 9.18 Å². The molecule has 0 saturated heterocycles. The van der Waals surface area contributed by atoms with Crippen molar-refractivity contribution in [2.75, 3.05) is 12.4 Å². The van der Waals surface area contributed by atoms with Crippen LogP contribution >= 0.6 is 0 Å². The number of ether oxygens (including phenoxy) is 1. The van der Waals surface area contributed by atoms with Gasteiger partial charge < -0.3 is 19.1 Å². The van der Waals surface area contributed by atoms with Crippen molar-refractivity contribution in [2.24, 2.45) is 0 Å². The fourth-order valence-electron chi connectivity index (χ4n) is 3.30. The zero-order valence-electron chi connectivity index (χ0n) is 18.0. The number of benzene rings is 2. The van der Waals surface area contributed by atoms with Crippen molar-refractivity contribution in [3.8, 4) is 28.7 Å². The molecule has 4 aromatic rings. The Morgan fingerprint density at radius 1 is 1.19 bits per heavy atom. The van der Waals surface area contributed by atoms with Crippen LogP contribution in [0.1, 0.15) is 25.3 Å². The zero-order chi connectivity index (χ0) is 22.7. The molecule has 0 fully saturated rings. The number of carbonyl (C=O) groups excluding carboxylic acids is 1. The average molecular weight is 434 g/mol. The second-order valence-electron chi connectivity index (χ2n) is 7.62. The van der Waals surface area contributed by atoms with Crippen LogP contribution in [0.25, 0.3) is 23.0 Å². The summed E-state index contributed by atoms with van der Waals surface area (Å²) in [6, 6.07) is 15.8. The van der Waals surface area contributed by atoms with Crippen LogP contribution in [0.2, 0.25) is 0 Å². The molecule has 0 unspecified atom stereocenters. The number of anilines is 1. The fraction of sp³-hybridized carbons (Fsp3) is 0.208. The van der Waals surface area contributed by atoms with Gasteiger partial charge in [-0.1, -0.05) is 31.1 Å². The van der Waals surface area contributed by atoms with Gasteiger partial charge in [0.25, 0.3) is 5.89 Å². The number of aromatic nitrogens is 3. The van der Waals surface area contributed by atoms with Crippen LogP contribution in [0.5, 0.6) is 5.75 Å². The third kappa shape index (κ3) is 4.54. The first kappa shape index (κ1) is 21.3. The third-order valence-corrected chi connectivity index (χ3v) is 5.06. The number of carbonyl (C=O) groups is 1. The van der Waals surface area contributed by atoms with Gasteiger partial charge in [-0.05, 0) is 53.9 Å². The molecule has 4 rings (SSSR count). The summed E-state index contributed by atoms with van der Waals surface area (Å²) in [5, 5.41) is 6.84. The van der Waals surface area contributed by atoms with E-state index >= 15 is 0 Å². The Hall–Kier alpha value is -3.94. The van der Waals surface area contributed by atoms with E-state index in [-0.39, 0.29) is 29.9 Å². The van der Waals surface area contributed by atoms with E-state index in [0.29, 0.717) is 17.2 Å². The average Bonchev–Trinajstić information content (AvgIpc) is 3.43. The van der Waals surface area contributed by atoms with Gasteiger partial charge in [-0.25, -0.2) is 4.39 Å². The molecule has 7 nitrogen and oxygen atoms in total. The van der Waals surface area contributed by atoms with Crippen LogP contribution in [0.15, 0.2) is 65.3 Å². The summed E-state index contributed by atoms with van der Waals surface area (Å²) >= 11 is 0. The highest BCUT2D eigenvalue weighted by Gasteiger charge is 2.17. The van der Waals surface area contributed by atoms with Gasteiger partial charge >= 0.3 is 0 Å². The number of halogens is 1. The number of hydrogen-bond acceptors (Lipinski definition) is 5. The number of rotatable bonds is 7. The van der Waals surface area contributed by atoms with Crippen molar-refractivity contribution >= 4 is 11.6 Å². The van der Waals surface area contributed by atoms with Crippen molar-refractivity contribution in [3.63, 3.8) is 0 Å². The second kappa shape index (κ2) is 9.05. The smallest absolute Gasteiger partial charge is 0.274 e. The van der Waals surface area contributed by atoms with Crippen LogP contribution in [0.3, 0.4) is 0 Å². The first-order valence-corrected chi connectivity index (χ1v) is 10.2. The molecule has 32 heavy (non-hydrogen) atoms. The maximum atomic E-state index is 14.0. The number of methoxy groups -OCH3 is 1. The van der Waals surface area contributed by atoms with Gasteiger partial charge in [-0.15, -0.1) is 0 Å². The van der Waals surface area contributed by atoms with E-state index in [0.717, 1.165) is 5.69 Å². The highest BCUT2D eigenvalue weighted by molar-refractivity contribution is 5.90. The molecule has 0 radical (unpaired) electrons. The third-order valence-electron chi connectivity index (χ3n) is 5.06. The van der Waals surface area contributed by atoms with Gasteiger partial charge in [0.15, 0.2) is 11.6 Å². The minimum atomic E-state index is -0.516. The van der Waals surface area contributed by atoms with Gasteiger partial charge in [0.1, 0.15) is 12.2 Å². The van der Waals surface area contributed by atoms with Crippen molar-refractivity contribution in [1.29, 1.82) is 0 Å². The molecule has 2 aromatic carbocycles. The van der Waals surface area contributed by atoms with E-state index in [2.05, 4.69) is 29.3 Å². The molecule has 8 heteroatoms. The molecular weight excluding hydrogens is 411 g/mol. The summed E-state index contributed by atoms with van der Waals surface area (Å²) < 4.78 is 26.0. The molecule has 0 spiro atoms. The lowest BCUT2D eigenvalue weighted by Crippen LogP contribution is -2.18. The van der Waals surface area contributed by atoms with E-state index in [1.807, 2.05) is 24.3 Å². The molecular formula is C24H23FN4O3. The van der Waals surface area contributed by atoms with Gasteiger partial charge in [-0.3, -0.25) is 4.79 Å². The quantitative estimate of drug-likeness (QED) is 0.437. The van der Waals surface area contributed by atoms with Crippen molar-refractivity contribution < 1.29 is 18.4 Å². The summed E-state index contributed by atoms with van der Waals surface area (Å²) in [7, 11) is 1.40. The Labute approximate surface area is 184 Å². The summed E-state index contributed by atoms with van der Waals surface area (Å²) in [6.07, 6.45) is 1.76. The Morgan fingerprint density at radius 2 is 1.97 bits per heavy atom. The van der Waals surface area contributed by atoms with Crippen LogP contribution in [-0.2, 0) is 11.3 Å². The van der Waals surface area contributed by atoms with Crippen molar-refractivity contribution in [1.82, 2.24) is 14.7 Å². The molecule has 2 aromatic heterocycles. The molecule has 164 valence electrons. The Morgan fingerprint density at radius 3 is 2.66 bits per heavy atom. The minimum absolute atomic E-state index is 0.0726. The monoisotopic (exact) mass is 434 g/mol. The first-order valence-electron chi connectivity index (χ1n) is 10.2. The predicted octanol–water partition coefficient (Wildman–Crippen LogP) is 5.11. The van der Waals surface area contributed by atoms with Gasteiger partial charge in [0, 0.05) is 17.4 Å². The predicted molar refractivity (Wildman–Crippen MR) is 119 cm³/mol. The number of nitrogens with one attached hydrogen (secondary N) is 1. The van der Waals surface area contributed by atoms with Gasteiger partial charge in [0.2, 0.25) is 11.7 Å². The second-order valence-corrected chi connectivity index (χ2v) is 7.62. The molecule has 0 aliphatic rings. The van der Waals surface area contributed by atoms with E-state index in [1.54, 1.807) is 29.0 Å². The van der Waals surface area contributed by atoms with Gasteiger partial charge in [0.05, 0.1) is 7.11 Å². The molecule has 0 bridgehead atoms. The van der Waals surface area contributed by atoms with Gasteiger partial charge in [-0.2, -0.15) is 4.98 Å². The van der Waals surface area contributed by atoms with E-state index < -0.39 is 5.82 Å². The van der Waals surface area contributed by atoms with Crippen molar-refractivity contribution in [3.05, 3.63) is 72.2 Å². The maximum Gasteiger partial charge on any atom is 0.274 e. The van der Waals surface area contributed by atoms with Crippen LogP contribution < -0.4 is 10.1 Å². The SMILES string of the molecule is COc1ccc(-c2noc(-c3cccn3CC(=O)Nc3ccc(C(C)C)cc3)n2)cc1F. The summed E-state index contributed by atoms with van der Waals surface area (Å²) in [5.74, 6) is 0.334. The van der Waals surface area contributed by atoms with Crippen LogP contribution in [0.4, 0.5) is 10.1 Å². The topological polar surface area (TPSA) is 82.2 Å². The normalized spacial score (nSPS) is 11.0.